The van der Waals surface area contributed by atoms with Crippen LogP contribution in [0.15, 0.2) is 24.3 Å². The van der Waals surface area contributed by atoms with Gasteiger partial charge in [0.1, 0.15) is 5.75 Å². The summed E-state index contributed by atoms with van der Waals surface area (Å²) in [5, 5.41) is 2.50. The minimum atomic E-state index is -4.51. The van der Waals surface area contributed by atoms with Gasteiger partial charge in [-0.3, -0.25) is 5.32 Å². The van der Waals surface area contributed by atoms with E-state index in [0.717, 1.165) is 0 Å². The Kier molecular flexibility index (Phi) is 9.22. The number of benzene rings is 1. The molecule has 9 heteroatoms. The predicted octanol–water partition coefficient (Wildman–Crippen LogP) is 4.35. The van der Waals surface area contributed by atoms with E-state index in [2.05, 4.69) is 5.32 Å². The van der Waals surface area contributed by atoms with Crippen LogP contribution in [0.4, 0.5) is 23.7 Å². The van der Waals surface area contributed by atoms with Gasteiger partial charge in [0.05, 0.1) is 13.2 Å². The normalized spacial score (nSPS) is 13.8. The Hall–Kier alpha value is -2.00. The first-order valence-corrected chi connectivity index (χ1v) is 8.26. The molecular formula is C17H24F3NO5. The van der Waals surface area contributed by atoms with Gasteiger partial charge in [0.15, 0.2) is 12.4 Å². The Morgan fingerprint density at radius 3 is 2.35 bits per heavy atom. The topological polar surface area (TPSA) is 66.0 Å². The number of carbonyl (C=O) groups is 1. The Morgan fingerprint density at radius 1 is 1.15 bits per heavy atom. The van der Waals surface area contributed by atoms with Gasteiger partial charge in [0, 0.05) is 18.7 Å². The van der Waals surface area contributed by atoms with Crippen LogP contribution in [0.2, 0.25) is 0 Å². The number of anilines is 1. The smallest absolute Gasteiger partial charge is 0.414 e. The molecule has 0 bridgehead atoms. The predicted molar refractivity (Wildman–Crippen MR) is 89.2 cm³/mol. The highest BCUT2D eigenvalue weighted by atomic mass is 19.4. The highest BCUT2D eigenvalue weighted by Gasteiger charge is 2.41. The Bertz CT molecular complexity index is 536. The molecule has 1 rings (SSSR count). The second-order valence-corrected chi connectivity index (χ2v) is 5.20. The summed E-state index contributed by atoms with van der Waals surface area (Å²) in [7, 11) is 0. The van der Waals surface area contributed by atoms with Crippen LogP contribution in [-0.2, 0) is 14.2 Å². The third-order valence-electron chi connectivity index (χ3n) is 3.15. The molecule has 0 fully saturated rings. The molecule has 0 aromatic heterocycles. The van der Waals surface area contributed by atoms with Gasteiger partial charge in [0.2, 0.25) is 0 Å². The van der Waals surface area contributed by atoms with Crippen LogP contribution in [0.3, 0.4) is 0 Å². The number of halogens is 3. The number of nitrogens with one attached hydrogen (secondary N) is 1. The number of alkyl halides is 3. The van der Waals surface area contributed by atoms with Gasteiger partial charge in [-0.25, -0.2) is 4.79 Å². The fraction of sp³-hybridized carbons (Fsp3) is 0.588. The lowest BCUT2D eigenvalue weighted by molar-refractivity contribution is -0.269. The summed E-state index contributed by atoms with van der Waals surface area (Å²) in [6, 6.07) is 6.18. The highest BCUT2D eigenvalue weighted by molar-refractivity contribution is 5.84. The largest absolute Gasteiger partial charge is 0.493 e. The quantitative estimate of drug-likeness (QED) is 0.612. The number of carbonyl (C=O) groups excluding carboxylic acids is 1. The molecule has 0 aliphatic carbocycles. The summed E-state index contributed by atoms with van der Waals surface area (Å²) in [6.45, 7) is 5.09. The summed E-state index contributed by atoms with van der Waals surface area (Å²) in [5.41, 5.74) is 0.484. The molecule has 1 N–H and O–H groups in total. The highest BCUT2D eigenvalue weighted by Crippen LogP contribution is 2.27. The van der Waals surface area contributed by atoms with Gasteiger partial charge < -0.3 is 18.9 Å². The van der Waals surface area contributed by atoms with Crippen molar-refractivity contribution >= 4 is 11.8 Å². The first-order chi connectivity index (χ1) is 12.3. The lowest BCUT2D eigenvalue weighted by Crippen LogP contribution is -2.36. The van der Waals surface area contributed by atoms with E-state index in [0.29, 0.717) is 11.4 Å². The Labute approximate surface area is 150 Å². The minimum absolute atomic E-state index is 0.187. The van der Waals surface area contributed by atoms with Crippen molar-refractivity contribution in [3.8, 4) is 5.75 Å². The zero-order valence-corrected chi connectivity index (χ0v) is 15.0. The zero-order chi connectivity index (χ0) is 19.6. The molecule has 148 valence electrons. The molecule has 0 heterocycles. The summed E-state index contributed by atoms with van der Waals surface area (Å²) >= 11 is 0. The van der Waals surface area contributed by atoms with E-state index in [9.17, 15) is 18.0 Å². The van der Waals surface area contributed by atoms with Gasteiger partial charge in [-0.2, -0.15) is 13.2 Å². The van der Waals surface area contributed by atoms with E-state index in [1.807, 2.05) is 0 Å². The monoisotopic (exact) mass is 379 g/mol. The Balaban J connectivity index is 2.49. The van der Waals surface area contributed by atoms with E-state index >= 15 is 0 Å². The number of ether oxygens (including phenoxy) is 4. The molecule has 1 aromatic rings. The van der Waals surface area contributed by atoms with Crippen molar-refractivity contribution in [1.82, 2.24) is 0 Å². The van der Waals surface area contributed by atoms with E-state index in [4.69, 9.17) is 18.9 Å². The van der Waals surface area contributed by atoms with Crippen molar-refractivity contribution in [2.24, 2.45) is 0 Å². The standard InChI is InChI=1S/C17H24F3NO5/c1-4-23-12(3)26-15(17(18,19)20)10-11-25-14-8-6-13(7-9-14)21-16(22)24-5-2/h6-9,12,15H,4-5,10-11H2,1-3H3,(H,21,22). The second kappa shape index (κ2) is 10.9. The van der Waals surface area contributed by atoms with Crippen molar-refractivity contribution in [3.05, 3.63) is 24.3 Å². The molecule has 2 atom stereocenters. The molecular weight excluding hydrogens is 355 g/mol. The van der Waals surface area contributed by atoms with Crippen LogP contribution in [0.25, 0.3) is 0 Å². The minimum Gasteiger partial charge on any atom is -0.493 e. The zero-order valence-electron chi connectivity index (χ0n) is 15.0. The van der Waals surface area contributed by atoms with Crippen molar-refractivity contribution < 1.29 is 36.9 Å². The summed E-state index contributed by atoms with van der Waals surface area (Å²) in [6.07, 6.45) is -8.41. The van der Waals surface area contributed by atoms with E-state index in [1.54, 1.807) is 26.0 Å². The average Bonchev–Trinajstić information content (AvgIpc) is 2.55. The van der Waals surface area contributed by atoms with Crippen molar-refractivity contribution in [2.45, 2.75) is 45.8 Å². The van der Waals surface area contributed by atoms with E-state index in [-0.39, 0.29) is 26.2 Å². The van der Waals surface area contributed by atoms with E-state index < -0.39 is 24.7 Å². The van der Waals surface area contributed by atoms with Crippen molar-refractivity contribution in [1.29, 1.82) is 0 Å². The third-order valence-corrected chi connectivity index (χ3v) is 3.15. The molecule has 0 saturated heterocycles. The van der Waals surface area contributed by atoms with Crippen molar-refractivity contribution in [2.75, 3.05) is 25.1 Å². The first-order valence-electron chi connectivity index (χ1n) is 8.26. The van der Waals surface area contributed by atoms with Gasteiger partial charge >= 0.3 is 12.3 Å². The number of rotatable bonds is 10. The maximum atomic E-state index is 13.0. The number of hydrogen-bond donors (Lipinski definition) is 1. The lowest BCUT2D eigenvalue weighted by atomic mass is 10.2. The first kappa shape index (κ1) is 22.0. The second-order valence-electron chi connectivity index (χ2n) is 5.20. The van der Waals surface area contributed by atoms with E-state index in [1.165, 1.54) is 19.1 Å². The molecule has 0 spiro atoms. The molecule has 1 amide bonds. The summed E-state index contributed by atoms with van der Waals surface area (Å²) < 4.78 is 58.9. The molecule has 0 saturated carbocycles. The molecule has 6 nitrogen and oxygen atoms in total. The molecule has 0 radical (unpaired) electrons. The lowest BCUT2D eigenvalue weighted by Gasteiger charge is -2.24. The third kappa shape index (κ3) is 8.39. The van der Waals surface area contributed by atoms with Crippen LogP contribution in [0.1, 0.15) is 27.2 Å². The Morgan fingerprint density at radius 2 is 1.81 bits per heavy atom. The summed E-state index contributed by atoms with van der Waals surface area (Å²) in [5.74, 6) is 0.373. The molecule has 1 aromatic carbocycles. The fourth-order valence-electron chi connectivity index (χ4n) is 2.02. The van der Waals surface area contributed by atoms with Crippen molar-refractivity contribution in [3.63, 3.8) is 0 Å². The van der Waals surface area contributed by atoms with Gasteiger partial charge in [-0.15, -0.1) is 0 Å². The van der Waals surface area contributed by atoms with Crippen LogP contribution in [0.5, 0.6) is 5.75 Å². The van der Waals surface area contributed by atoms with Gasteiger partial charge in [0.25, 0.3) is 0 Å². The SMILES string of the molecule is CCOC(=O)Nc1ccc(OCCC(OC(C)OCC)C(F)(F)F)cc1. The molecule has 26 heavy (non-hydrogen) atoms. The van der Waals surface area contributed by atoms with Gasteiger partial charge in [-0.1, -0.05) is 0 Å². The maximum Gasteiger partial charge on any atom is 0.414 e. The number of amides is 1. The maximum absolute atomic E-state index is 13.0. The fourth-order valence-corrected chi connectivity index (χ4v) is 2.02. The van der Waals surface area contributed by atoms with Crippen LogP contribution in [-0.4, -0.2) is 44.5 Å². The van der Waals surface area contributed by atoms with Crippen LogP contribution in [0, 0.1) is 0 Å². The van der Waals surface area contributed by atoms with Gasteiger partial charge in [-0.05, 0) is 45.0 Å². The summed E-state index contributed by atoms with van der Waals surface area (Å²) in [4.78, 5) is 11.3. The average molecular weight is 379 g/mol. The molecule has 0 aliphatic rings. The van der Waals surface area contributed by atoms with Crippen LogP contribution < -0.4 is 10.1 Å². The number of hydrogen-bond acceptors (Lipinski definition) is 5. The molecule has 2 unspecified atom stereocenters. The molecule has 0 aliphatic heterocycles. The van der Waals surface area contributed by atoms with Crippen LogP contribution >= 0.6 is 0 Å².